The monoisotopic (exact) mass is 204 g/mol. The van der Waals surface area contributed by atoms with Crippen molar-refractivity contribution in [2.75, 3.05) is 37.7 Å². The topological polar surface area (TPSA) is 63.4 Å². The molecule has 1 saturated heterocycles. The Morgan fingerprint density at radius 2 is 1.92 bits per heavy atom. The van der Waals surface area contributed by atoms with E-state index in [-0.39, 0.29) is 11.5 Å². The van der Waals surface area contributed by atoms with Crippen LogP contribution in [0.5, 0.6) is 0 Å². The van der Waals surface area contributed by atoms with Gasteiger partial charge in [0.25, 0.3) is 0 Å². The van der Waals surface area contributed by atoms with Crippen LogP contribution in [0.15, 0.2) is 12.2 Å². The predicted molar refractivity (Wildman–Crippen MR) is 53.3 cm³/mol. The van der Waals surface area contributed by atoms with Crippen LogP contribution < -0.4 is 5.73 Å². The predicted octanol–water partition coefficient (Wildman–Crippen LogP) is -0.768. The van der Waals surface area contributed by atoms with Gasteiger partial charge in [0.2, 0.25) is 0 Å². The molecule has 0 radical (unpaired) electrons. The van der Waals surface area contributed by atoms with Gasteiger partial charge < -0.3 is 5.73 Å². The van der Waals surface area contributed by atoms with Crippen LogP contribution in [0.1, 0.15) is 0 Å². The minimum atomic E-state index is -2.76. The Balaban J connectivity index is 2.38. The van der Waals surface area contributed by atoms with Crippen molar-refractivity contribution in [3.8, 4) is 0 Å². The Morgan fingerprint density at radius 3 is 2.38 bits per heavy atom. The second-order valence-electron chi connectivity index (χ2n) is 3.38. The molecule has 1 aliphatic rings. The molecule has 2 N–H and O–H groups in total. The average Bonchev–Trinajstić information content (AvgIpc) is 2.08. The molecule has 0 unspecified atom stereocenters. The summed E-state index contributed by atoms with van der Waals surface area (Å²) >= 11 is 0. The molecule has 0 aromatic carbocycles. The normalized spacial score (nSPS) is 22.8. The molecule has 5 heteroatoms. The van der Waals surface area contributed by atoms with Crippen molar-refractivity contribution in [3.05, 3.63) is 12.2 Å². The van der Waals surface area contributed by atoms with E-state index in [1.807, 2.05) is 0 Å². The highest BCUT2D eigenvalue weighted by molar-refractivity contribution is 7.91. The third-order valence-electron chi connectivity index (χ3n) is 2.17. The van der Waals surface area contributed by atoms with Gasteiger partial charge >= 0.3 is 0 Å². The van der Waals surface area contributed by atoms with Crippen LogP contribution in [0.25, 0.3) is 0 Å². The molecule has 1 rings (SSSR count). The van der Waals surface area contributed by atoms with Crippen LogP contribution >= 0.6 is 0 Å². The standard InChI is InChI=1S/C8H16N2O2S/c1-8(6-9)7-10-2-4-13(11,12)5-3-10/h1-7,9H2. The number of nitrogens with zero attached hydrogens (tertiary/aromatic N) is 1. The van der Waals surface area contributed by atoms with Crippen molar-refractivity contribution in [1.29, 1.82) is 0 Å². The lowest BCUT2D eigenvalue weighted by molar-refractivity contribution is 0.319. The maximum atomic E-state index is 11.1. The van der Waals surface area contributed by atoms with E-state index in [0.29, 0.717) is 19.6 Å². The number of hydrogen-bond acceptors (Lipinski definition) is 4. The van der Waals surface area contributed by atoms with E-state index in [4.69, 9.17) is 5.73 Å². The molecule has 1 aliphatic heterocycles. The maximum absolute atomic E-state index is 11.1. The van der Waals surface area contributed by atoms with Crippen LogP contribution in [-0.4, -0.2) is 51.0 Å². The summed E-state index contributed by atoms with van der Waals surface area (Å²) in [7, 11) is -2.76. The summed E-state index contributed by atoms with van der Waals surface area (Å²) in [5, 5.41) is 0. The summed E-state index contributed by atoms with van der Waals surface area (Å²) in [6.45, 7) is 6.22. The molecule has 0 aliphatic carbocycles. The van der Waals surface area contributed by atoms with Crippen molar-refractivity contribution in [2.45, 2.75) is 0 Å². The second kappa shape index (κ2) is 4.21. The first-order valence-corrected chi connectivity index (χ1v) is 6.15. The van der Waals surface area contributed by atoms with Crippen LogP contribution in [-0.2, 0) is 9.84 Å². The van der Waals surface area contributed by atoms with Gasteiger partial charge in [0.1, 0.15) is 0 Å². The van der Waals surface area contributed by atoms with E-state index in [2.05, 4.69) is 11.5 Å². The minimum Gasteiger partial charge on any atom is -0.327 e. The molecule has 0 bridgehead atoms. The molecular formula is C8H16N2O2S. The quantitative estimate of drug-likeness (QED) is 0.613. The Hall–Kier alpha value is -0.390. The average molecular weight is 204 g/mol. The van der Waals surface area contributed by atoms with E-state index in [1.165, 1.54) is 0 Å². The molecule has 1 fully saturated rings. The highest BCUT2D eigenvalue weighted by Crippen LogP contribution is 2.05. The summed E-state index contributed by atoms with van der Waals surface area (Å²) in [4.78, 5) is 2.08. The summed E-state index contributed by atoms with van der Waals surface area (Å²) in [5.74, 6) is 0.537. The molecule has 0 spiro atoms. The largest absolute Gasteiger partial charge is 0.327 e. The van der Waals surface area contributed by atoms with Crippen LogP contribution in [0.4, 0.5) is 0 Å². The number of rotatable bonds is 3. The fraction of sp³-hybridized carbons (Fsp3) is 0.750. The summed E-state index contributed by atoms with van der Waals surface area (Å²) < 4.78 is 22.2. The highest BCUT2D eigenvalue weighted by atomic mass is 32.2. The van der Waals surface area contributed by atoms with E-state index in [1.54, 1.807) is 0 Å². The first kappa shape index (κ1) is 10.7. The van der Waals surface area contributed by atoms with Crippen LogP contribution in [0.3, 0.4) is 0 Å². The Kier molecular flexibility index (Phi) is 3.47. The zero-order valence-electron chi connectivity index (χ0n) is 7.70. The van der Waals surface area contributed by atoms with Gasteiger partial charge in [-0.15, -0.1) is 0 Å². The molecule has 13 heavy (non-hydrogen) atoms. The van der Waals surface area contributed by atoms with Crippen molar-refractivity contribution < 1.29 is 8.42 Å². The summed E-state index contributed by atoms with van der Waals surface area (Å²) in [5.41, 5.74) is 6.36. The molecule has 0 amide bonds. The van der Waals surface area contributed by atoms with Gasteiger partial charge in [-0.25, -0.2) is 8.42 Å². The fourth-order valence-electron chi connectivity index (χ4n) is 1.29. The minimum absolute atomic E-state index is 0.269. The van der Waals surface area contributed by atoms with Crippen molar-refractivity contribution in [3.63, 3.8) is 0 Å². The lowest BCUT2D eigenvalue weighted by Crippen LogP contribution is -2.41. The second-order valence-corrected chi connectivity index (χ2v) is 5.69. The van der Waals surface area contributed by atoms with Gasteiger partial charge in [-0.2, -0.15) is 0 Å². The molecular weight excluding hydrogens is 188 g/mol. The molecule has 0 aromatic heterocycles. The van der Waals surface area contributed by atoms with Gasteiger partial charge in [0.05, 0.1) is 11.5 Å². The van der Waals surface area contributed by atoms with E-state index in [9.17, 15) is 8.42 Å². The molecule has 0 saturated carbocycles. The molecule has 76 valence electrons. The van der Waals surface area contributed by atoms with Gasteiger partial charge in [-0.05, 0) is 5.57 Å². The van der Waals surface area contributed by atoms with Crippen molar-refractivity contribution in [1.82, 2.24) is 4.90 Å². The molecule has 1 heterocycles. The van der Waals surface area contributed by atoms with E-state index < -0.39 is 9.84 Å². The van der Waals surface area contributed by atoms with Gasteiger partial charge in [-0.1, -0.05) is 6.58 Å². The van der Waals surface area contributed by atoms with Gasteiger partial charge in [0.15, 0.2) is 9.84 Å². The van der Waals surface area contributed by atoms with Crippen molar-refractivity contribution in [2.24, 2.45) is 5.73 Å². The summed E-state index contributed by atoms with van der Waals surface area (Å²) in [6, 6.07) is 0. The van der Waals surface area contributed by atoms with Crippen molar-refractivity contribution >= 4 is 9.84 Å². The Morgan fingerprint density at radius 1 is 1.38 bits per heavy atom. The van der Waals surface area contributed by atoms with Gasteiger partial charge in [-0.3, -0.25) is 4.90 Å². The number of sulfone groups is 1. The lowest BCUT2D eigenvalue weighted by atomic mass is 10.3. The SMILES string of the molecule is C=C(CN)CN1CCS(=O)(=O)CC1. The third-order valence-corrected chi connectivity index (χ3v) is 3.78. The van der Waals surface area contributed by atoms with Gasteiger partial charge in [0, 0.05) is 26.2 Å². The van der Waals surface area contributed by atoms with Crippen LogP contribution in [0, 0.1) is 0 Å². The lowest BCUT2D eigenvalue weighted by Gasteiger charge is -2.26. The Bertz CT molecular complexity index is 271. The highest BCUT2D eigenvalue weighted by Gasteiger charge is 2.21. The van der Waals surface area contributed by atoms with Crippen LogP contribution in [0.2, 0.25) is 0 Å². The third kappa shape index (κ3) is 3.46. The fourth-order valence-corrected chi connectivity index (χ4v) is 2.57. The first-order valence-electron chi connectivity index (χ1n) is 4.33. The smallest absolute Gasteiger partial charge is 0.152 e. The summed E-state index contributed by atoms with van der Waals surface area (Å²) in [6.07, 6.45) is 0. The van der Waals surface area contributed by atoms with E-state index >= 15 is 0 Å². The van der Waals surface area contributed by atoms with E-state index in [0.717, 1.165) is 12.1 Å². The maximum Gasteiger partial charge on any atom is 0.152 e. The molecule has 4 nitrogen and oxygen atoms in total. The zero-order chi connectivity index (χ0) is 9.90. The first-order chi connectivity index (χ1) is 6.03. The zero-order valence-corrected chi connectivity index (χ0v) is 8.52. The molecule has 0 aromatic rings. The Labute approximate surface area is 79.3 Å². The molecule has 0 atom stereocenters. The number of nitrogens with two attached hydrogens (primary N) is 1. The number of hydrogen-bond donors (Lipinski definition) is 1.